The Labute approximate surface area is 108 Å². The summed E-state index contributed by atoms with van der Waals surface area (Å²) in [6.07, 6.45) is 0.951. The molecule has 16 heavy (non-hydrogen) atoms. The first-order valence-corrected chi connectivity index (χ1v) is 6.37. The number of hydrogen-bond acceptors (Lipinski definition) is 1. The Morgan fingerprint density at radius 3 is 2.19 bits per heavy atom. The van der Waals surface area contributed by atoms with Gasteiger partial charge in [0, 0.05) is 6.04 Å². The van der Waals surface area contributed by atoms with Gasteiger partial charge in [-0.2, -0.15) is 0 Å². The summed E-state index contributed by atoms with van der Waals surface area (Å²) in [4.78, 5) is 0. The highest BCUT2D eigenvalue weighted by atomic mass is 35.5. The molecule has 0 bridgehead atoms. The first kappa shape index (κ1) is 13.8. The Morgan fingerprint density at radius 1 is 1.12 bits per heavy atom. The maximum Gasteiger partial charge on any atom is 0.0595 e. The first-order valence-electron chi connectivity index (χ1n) is 5.61. The van der Waals surface area contributed by atoms with Crippen molar-refractivity contribution in [3.05, 3.63) is 33.8 Å². The van der Waals surface area contributed by atoms with Gasteiger partial charge in [-0.05, 0) is 42.9 Å². The van der Waals surface area contributed by atoms with Gasteiger partial charge in [0.25, 0.3) is 0 Å². The van der Waals surface area contributed by atoms with Crippen molar-refractivity contribution in [3.8, 4) is 0 Å². The maximum absolute atomic E-state index is 5.99. The predicted molar refractivity (Wildman–Crippen MR) is 72.1 cm³/mol. The quantitative estimate of drug-likeness (QED) is 0.864. The average Bonchev–Trinajstić information content (AvgIpc) is 2.18. The molecule has 0 saturated heterocycles. The third-order valence-corrected chi connectivity index (χ3v) is 3.73. The van der Waals surface area contributed by atoms with Gasteiger partial charge in [-0.15, -0.1) is 0 Å². The summed E-state index contributed by atoms with van der Waals surface area (Å²) in [5, 5.41) is 1.22. The molecule has 1 nitrogen and oxygen atoms in total. The van der Waals surface area contributed by atoms with Gasteiger partial charge in [0.2, 0.25) is 0 Å². The van der Waals surface area contributed by atoms with Crippen LogP contribution < -0.4 is 5.73 Å². The molecule has 0 aliphatic rings. The zero-order valence-electron chi connectivity index (χ0n) is 10.0. The number of benzene rings is 1. The fourth-order valence-corrected chi connectivity index (χ4v) is 2.29. The van der Waals surface area contributed by atoms with Crippen molar-refractivity contribution in [1.29, 1.82) is 0 Å². The lowest BCUT2D eigenvalue weighted by Crippen LogP contribution is -2.32. The van der Waals surface area contributed by atoms with Gasteiger partial charge in [-0.1, -0.05) is 43.1 Å². The smallest absolute Gasteiger partial charge is 0.0595 e. The predicted octanol–water partition coefficient (Wildman–Crippen LogP) is 4.16. The highest BCUT2D eigenvalue weighted by Crippen LogP contribution is 2.26. The van der Waals surface area contributed by atoms with Crippen molar-refractivity contribution >= 4 is 23.2 Å². The summed E-state index contributed by atoms with van der Waals surface area (Å²) in [6, 6.07) is 5.99. The fraction of sp³-hybridized carbons (Fsp3) is 0.538. The van der Waals surface area contributed by atoms with Gasteiger partial charge in [-0.3, -0.25) is 0 Å². The molecule has 0 amide bonds. The van der Waals surface area contributed by atoms with Gasteiger partial charge in [0.15, 0.2) is 0 Å². The van der Waals surface area contributed by atoms with Crippen LogP contribution in [0, 0.1) is 11.8 Å². The number of nitrogens with two attached hydrogens (primary N) is 1. The van der Waals surface area contributed by atoms with Crippen LogP contribution in [0.2, 0.25) is 10.0 Å². The average molecular weight is 260 g/mol. The summed E-state index contributed by atoms with van der Waals surface area (Å²) in [5.74, 6) is 1.03. The molecular formula is C13H19Cl2N. The van der Waals surface area contributed by atoms with Crippen molar-refractivity contribution < 1.29 is 0 Å². The molecule has 2 unspecified atom stereocenters. The topological polar surface area (TPSA) is 26.0 Å². The number of halogens is 2. The Bertz CT molecular complexity index is 340. The maximum atomic E-state index is 5.99. The van der Waals surface area contributed by atoms with Crippen molar-refractivity contribution in [2.45, 2.75) is 33.2 Å². The lowest BCUT2D eigenvalue weighted by molar-refractivity contribution is 0.330. The van der Waals surface area contributed by atoms with Crippen LogP contribution in [0.4, 0.5) is 0 Å². The summed E-state index contributed by atoms with van der Waals surface area (Å²) < 4.78 is 0. The standard InChI is InChI=1S/C13H19Cl2N/c1-8(2)11(9(3)16)6-10-4-5-12(14)13(15)7-10/h4-5,7-9,11H,6,16H2,1-3H3. The number of hydrogen-bond donors (Lipinski definition) is 1. The Kier molecular flexibility index (Phi) is 5.10. The highest BCUT2D eigenvalue weighted by molar-refractivity contribution is 6.42. The van der Waals surface area contributed by atoms with Crippen LogP contribution >= 0.6 is 23.2 Å². The molecule has 0 aromatic heterocycles. The first-order chi connectivity index (χ1) is 7.41. The van der Waals surface area contributed by atoms with Crippen molar-refractivity contribution in [3.63, 3.8) is 0 Å². The van der Waals surface area contributed by atoms with E-state index < -0.39 is 0 Å². The third-order valence-electron chi connectivity index (χ3n) is 2.99. The van der Waals surface area contributed by atoms with Crippen LogP contribution in [0.25, 0.3) is 0 Å². The van der Waals surface area contributed by atoms with Crippen LogP contribution in [0.3, 0.4) is 0 Å². The molecule has 0 fully saturated rings. The van der Waals surface area contributed by atoms with Crippen LogP contribution in [-0.2, 0) is 6.42 Å². The molecule has 1 rings (SSSR count). The fourth-order valence-electron chi connectivity index (χ4n) is 1.97. The second-order valence-electron chi connectivity index (χ2n) is 4.72. The van der Waals surface area contributed by atoms with E-state index in [1.807, 2.05) is 18.2 Å². The van der Waals surface area contributed by atoms with Crippen LogP contribution in [0.15, 0.2) is 18.2 Å². The highest BCUT2D eigenvalue weighted by Gasteiger charge is 2.18. The van der Waals surface area contributed by atoms with Gasteiger partial charge in [-0.25, -0.2) is 0 Å². The molecule has 2 atom stereocenters. The minimum atomic E-state index is 0.189. The lowest BCUT2D eigenvalue weighted by atomic mass is 9.84. The Hall–Kier alpha value is -0.240. The molecule has 0 aliphatic carbocycles. The molecule has 1 aromatic rings. The SMILES string of the molecule is CC(C)C(Cc1ccc(Cl)c(Cl)c1)C(C)N. The van der Waals surface area contributed by atoms with E-state index in [9.17, 15) is 0 Å². The van der Waals surface area contributed by atoms with E-state index in [0.717, 1.165) is 6.42 Å². The van der Waals surface area contributed by atoms with E-state index in [0.29, 0.717) is 21.9 Å². The van der Waals surface area contributed by atoms with E-state index in [2.05, 4.69) is 20.8 Å². The summed E-state index contributed by atoms with van der Waals surface area (Å²) in [7, 11) is 0. The molecule has 0 aliphatic heterocycles. The third kappa shape index (κ3) is 3.65. The van der Waals surface area contributed by atoms with Gasteiger partial charge in [0.05, 0.1) is 10.0 Å². The molecule has 90 valence electrons. The second kappa shape index (κ2) is 5.90. The van der Waals surface area contributed by atoms with E-state index in [1.165, 1.54) is 5.56 Å². The number of rotatable bonds is 4. The van der Waals surface area contributed by atoms with Crippen molar-refractivity contribution in [1.82, 2.24) is 0 Å². The van der Waals surface area contributed by atoms with Crippen LogP contribution in [0.5, 0.6) is 0 Å². The molecule has 0 spiro atoms. The molecule has 0 saturated carbocycles. The van der Waals surface area contributed by atoms with Gasteiger partial charge in [0.1, 0.15) is 0 Å². The second-order valence-corrected chi connectivity index (χ2v) is 5.53. The summed E-state index contributed by atoms with van der Waals surface area (Å²) in [6.45, 7) is 6.46. The van der Waals surface area contributed by atoms with Gasteiger partial charge < -0.3 is 5.73 Å². The molecular weight excluding hydrogens is 241 g/mol. The monoisotopic (exact) mass is 259 g/mol. The van der Waals surface area contributed by atoms with E-state index in [-0.39, 0.29) is 6.04 Å². The minimum Gasteiger partial charge on any atom is -0.328 e. The largest absolute Gasteiger partial charge is 0.328 e. The lowest BCUT2D eigenvalue weighted by Gasteiger charge is -2.24. The van der Waals surface area contributed by atoms with Gasteiger partial charge >= 0.3 is 0 Å². The minimum absolute atomic E-state index is 0.189. The molecule has 0 heterocycles. The zero-order chi connectivity index (χ0) is 12.3. The Balaban J connectivity index is 2.81. The molecule has 0 radical (unpaired) electrons. The van der Waals surface area contributed by atoms with Crippen molar-refractivity contribution in [2.75, 3.05) is 0 Å². The van der Waals surface area contributed by atoms with E-state index in [4.69, 9.17) is 28.9 Å². The molecule has 1 aromatic carbocycles. The van der Waals surface area contributed by atoms with E-state index in [1.54, 1.807) is 0 Å². The molecule has 2 N–H and O–H groups in total. The van der Waals surface area contributed by atoms with Crippen LogP contribution in [-0.4, -0.2) is 6.04 Å². The molecule has 3 heteroatoms. The van der Waals surface area contributed by atoms with Crippen LogP contribution in [0.1, 0.15) is 26.3 Å². The van der Waals surface area contributed by atoms with E-state index >= 15 is 0 Å². The summed E-state index contributed by atoms with van der Waals surface area (Å²) in [5.41, 5.74) is 7.19. The zero-order valence-corrected chi connectivity index (χ0v) is 11.5. The summed E-state index contributed by atoms with van der Waals surface area (Å²) >= 11 is 11.9. The normalized spacial score (nSPS) is 15.2. The Morgan fingerprint density at radius 2 is 1.75 bits per heavy atom. The van der Waals surface area contributed by atoms with Crippen molar-refractivity contribution in [2.24, 2.45) is 17.6 Å².